The molecule has 1 radical (unpaired) electrons. The molecule has 0 aliphatic carbocycles. The summed E-state index contributed by atoms with van der Waals surface area (Å²) in [6, 6.07) is 0. The van der Waals surface area contributed by atoms with Crippen molar-refractivity contribution in [3.63, 3.8) is 0 Å². The van der Waals surface area contributed by atoms with E-state index in [1.54, 1.807) is 0 Å². The zero-order chi connectivity index (χ0) is 9.23. The highest BCUT2D eigenvalue weighted by atomic mass is 16.5. The highest BCUT2D eigenvalue weighted by Gasteiger charge is 2.00. The van der Waals surface area contributed by atoms with Crippen LogP contribution in [0.25, 0.3) is 0 Å². The lowest BCUT2D eigenvalue weighted by atomic mass is 10.1. The molecule has 0 heterocycles. The molecule has 0 aromatic rings. The van der Waals surface area contributed by atoms with Crippen LogP contribution in [0.3, 0.4) is 0 Å². The van der Waals surface area contributed by atoms with Crippen LogP contribution < -0.4 is 0 Å². The first-order valence-electron chi connectivity index (χ1n) is 5.01. The van der Waals surface area contributed by atoms with Gasteiger partial charge in [-0.15, -0.1) is 0 Å². The van der Waals surface area contributed by atoms with E-state index < -0.39 is 0 Å². The monoisotopic (exact) mass is 173 g/mol. The molecule has 0 N–H and O–H groups in total. The molecule has 2 nitrogen and oxygen atoms in total. The van der Waals surface area contributed by atoms with E-state index in [4.69, 9.17) is 4.74 Å². The molecule has 12 heavy (non-hydrogen) atoms. The fourth-order valence-corrected chi connectivity index (χ4v) is 1.19. The summed E-state index contributed by atoms with van der Waals surface area (Å²) < 4.78 is 5.26. The fraction of sp³-hybridized carbons (Fsp3) is 1.00. The molecule has 0 saturated heterocycles. The zero-order valence-corrected chi connectivity index (χ0v) is 8.34. The van der Waals surface area contributed by atoms with Gasteiger partial charge >= 0.3 is 0 Å². The van der Waals surface area contributed by atoms with Crippen LogP contribution in [0.2, 0.25) is 0 Å². The van der Waals surface area contributed by atoms with Crippen LogP contribution in [0.1, 0.15) is 46.0 Å². The average molecular weight is 173 g/mol. The highest BCUT2D eigenvalue weighted by molar-refractivity contribution is 4.51. The Hall–Kier alpha value is -0.0800. The van der Waals surface area contributed by atoms with Gasteiger partial charge in [-0.25, -0.2) is 5.11 Å². The third-order valence-corrected chi connectivity index (χ3v) is 1.95. The predicted molar refractivity (Wildman–Crippen MR) is 49.7 cm³/mol. The van der Waals surface area contributed by atoms with Crippen LogP contribution in [-0.2, 0) is 9.84 Å². The smallest absolute Gasteiger partial charge is 0.106 e. The van der Waals surface area contributed by atoms with Crippen LogP contribution in [-0.4, -0.2) is 19.3 Å². The standard InChI is InChI=1S/C10H21O2/c1-3-4-5-6-7-10(2)12-9-8-11/h10H,3-9H2,1-2H3. The quantitative estimate of drug-likeness (QED) is 0.519. The number of hydrogen-bond acceptors (Lipinski definition) is 1. The first kappa shape index (κ1) is 11.9. The van der Waals surface area contributed by atoms with Crippen molar-refractivity contribution >= 4 is 0 Å². The van der Waals surface area contributed by atoms with Crippen LogP contribution in [0.5, 0.6) is 0 Å². The molecule has 2 heteroatoms. The van der Waals surface area contributed by atoms with Crippen LogP contribution in [0, 0.1) is 0 Å². The zero-order valence-electron chi connectivity index (χ0n) is 8.34. The fourth-order valence-electron chi connectivity index (χ4n) is 1.19. The lowest BCUT2D eigenvalue weighted by Crippen LogP contribution is -2.10. The lowest BCUT2D eigenvalue weighted by Gasteiger charge is -2.10. The average Bonchev–Trinajstić information content (AvgIpc) is 2.09. The molecule has 0 spiro atoms. The number of ether oxygens (including phenoxy) is 1. The number of rotatable bonds is 8. The van der Waals surface area contributed by atoms with Gasteiger partial charge in [-0.3, -0.25) is 0 Å². The summed E-state index contributed by atoms with van der Waals surface area (Å²) in [6.07, 6.45) is 6.48. The van der Waals surface area contributed by atoms with Gasteiger partial charge in [-0.2, -0.15) is 0 Å². The van der Waals surface area contributed by atoms with Crippen molar-refractivity contribution in [1.29, 1.82) is 0 Å². The molecule has 0 bridgehead atoms. The van der Waals surface area contributed by atoms with E-state index in [-0.39, 0.29) is 12.7 Å². The summed E-state index contributed by atoms with van der Waals surface area (Å²) in [4.78, 5) is 0. The van der Waals surface area contributed by atoms with E-state index in [9.17, 15) is 5.11 Å². The van der Waals surface area contributed by atoms with E-state index >= 15 is 0 Å². The molecular weight excluding hydrogens is 152 g/mol. The SMILES string of the molecule is CCCCCCC(C)OCC[O]. The van der Waals surface area contributed by atoms with Crippen molar-refractivity contribution < 1.29 is 9.84 Å². The van der Waals surface area contributed by atoms with E-state index in [0.29, 0.717) is 6.61 Å². The van der Waals surface area contributed by atoms with Crippen molar-refractivity contribution in [2.45, 2.75) is 52.1 Å². The second kappa shape index (κ2) is 9.01. The molecule has 1 unspecified atom stereocenters. The van der Waals surface area contributed by atoms with Crippen molar-refractivity contribution in [1.82, 2.24) is 0 Å². The Morgan fingerprint density at radius 2 is 2.00 bits per heavy atom. The molecule has 1 atom stereocenters. The van der Waals surface area contributed by atoms with Gasteiger partial charge in [0.2, 0.25) is 0 Å². The normalized spacial score (nSPS) is 13.2. The molecule has 0 amide bonds. The van der Waals surface area contributed by atoms with Crippen molar-refractivity contribution in [2.24, 2.45) is 0 Å². The summed E-state index contributed by atoms with van der Waals surface area (Å²) >= 11 is 0. The van der Waals surface area contributed by atoms with Gasteiger partial charge in [0, 0.05) is 0 Å². The predicted octanol–water partition coefficient (Wildman–Crippen LogP) is 2.79. The second-order valence-electron chi connectivity index (χ2n) is 3.23. The van der Waals surface area contributed by atoms with E-state index in [0.717, 1.165) is 6.42 Å². The van der Waals surface area contributed by atoms with Crippen molar-refractivity contribution in [3.8, 4) is 0 Å². The molecule has 0 fully saturated rings. The number of unbranched alkanes of at least 4 members (excludes halogenated alkanes) is 3. The Morgan fingerprint density at radius 1 is 1.25 bits per heavy atom. The van der Waals surface area contributed by atoms with E-state index in [2.05, 4.69) is 6.92 Å². The highest BCUT2D eigenvalue weighted by Crippen LogP contribution is 2.07. The third kappa shape index (κ3) is 8.02. The Balaban J connectivity index is 3.02. The maximum absolute atomic E-state index is 10.1. The minimum atomic E-state index is -0.112. The molecule has 73 valence electrons. The molecule has 0 aromatic carbocycles. The van der Waals surface area contributed by atoms with Crippen molar-refractivity contribution in [2.75, 3.05) is 13.2 Å². The Bertz CT molecular complexity index is 83.9. The second-order valence-corrected chi connectivity index (χ2v) is 3.23. The summed E-state index contributed by atoms with van der Waals surface area (Å²) in [5.74, 6) is 0. The largest absolute Gasteiger partial charge is 0.376 e. The van der Waals surface area contributed by atoms with Gasteiger partial charge in [-0.1, -0.05) is 32.6 Å². The minimum Gasteiger partial charge on any atom is -0.376 e. The van der Waals surface area contributed by atoms with Gasteiger partial charge in [0.25, 0.3) is 0 Å². The molecule has 0 aliphatic rings. The lowest BCUT2D eigenvalue weighted by molar-refractivity contribution is 0.0162. The van der Waals surface area contributed by atoms with Gasteiger partial charge in [0.05, 0.1) is 12.7 Å². The van der Waals surface area contributed by atoms with Crippen LogP contribution in [0.15, 0.2) is 0 Å². The molecular formula is C10H21O2. The molecule has 0 aromatic heterocycles. The first-order chi connectivity index (χ1) is 5.81. The van der Waals surface area contributed by atoms with Gasteiger partial charge in [0.15, 0.2) is 0 Å². The molecule has 0 saturated carbocycles. The Labute approximate surface area is 75.9 Å². The number of hydrogen-bond donors (Lipinski definition) is 0. The molecule has 0 aliphatic heterocycles. The van der Waals surface area contributed by atoms with E-state index in [1.165, 1.54) is 25.7 Å². The van der Waals surface area contributed by atoms with Gasteiger partial charge in [0.1, 0.15) is 6.61 Å². The summed E-state index contributed by atoms with van der Waals surface area (Å²) in [5.41, 5.74) is 0. The van der Waals surface area contributed by atoms with Gasteiger partial charge < -0.3 is 4.74 Å². The molecule has 0 rings (SSSR count). The maximum Gasteiger partial charge on any atom is 0.106 e. The topological polar surface area (TPSA) is 29.1 Å². The van der Waals surface area contributed by atoms with Gasteiger partial charge in [-0.05, 0) is 13.3 Å². The summed E-state index contributed by atoms with van der Waals surface area (Å²) in [6.45, 7) is 4.51. The van der Waals surface area contributed by atoms with Crippen molar-refractivity contribution in [3.05, 3.63) is 0 Å². The Kier molecular flexibility index (Phi) is 8.95. The Morgan fingerprint density at radius 3 is 2.58 bits per heavy atom. The summed E-state index contributed by atoms with van der Waals surface area (Å²) in [5, 5.41) is 10.1. The first-order valence-corrected chi connectivity index (χ1v) is 5.01. The summed E-state index contributed by atoms with van der Waals surface area (Å²) in [7, 11) is 0. The van der Waals surface area contributed by atoms with Crippen LogP contribution in [0.4, 0.5) is 0 Å². The third-order valence-electron chi connectivity index (χ3n) is 1.95. The van der Waals surface area contributed by atoms with Crippen LogP contribution >= 0.6 is 0 Å². The maximum atomic E-state index is 10.1. The minimum absolute atomic E-state index is 0.112. The van der Waals surface area contributed by atoms with E-state index in [1.807, 2.05) is 6.92 Å².